The molecular weight excluding hydrogens is 403 g/mol. The smallest absolute Gasteiger partial charge is 0.229 e. The molecule has 5 heteroatoms. The Hall–Kier alpha value is -3.99. The van der Waals surface area contributed by atoms with Crippen molar-refractivity contribution >= 4 is 11.6 Å². The van der Waals surface area contributed by atoms with E-state index in [4.69, 9.17) is 4.74 Å². The third-order valence-corrected chi connectivity index (χ3v) is 5.16. The average molecular weight is 425 g/mol. The summed E-state index contributed by atoms with van der Waals surface area (Å²) in [6.45, 7) is 0. The van der Waals surface area contributed by atoms with Gasteiger partial charge in [-0.15, -0.1) is 0 Å². The normalized spacial score (nSPS) is 10.7. The first kappa shape index (κ1) is 21.2. The van der Waals surface area contributed by atoms with Crippen LogP contribution in [0, 0.1) is 12.2 Å². The molecule has 4 nitrogen and oxygen atoms in total. The molecule has 3 aromatic carbocycles. The van der Waals surface area contributed by atoms with Gasteiger partial charge in [0, 0.05) is 11.6 Å². The van der Waals surface area contributed by atoms with E-state index in [2.05, 4.69) is 10.3 Å². The SMILES string of the molecule is COc1cncc(F)c1-c1ccc(NC(=O)[CH]C(c2ccccc2)c2ccccc2)cc1. The predicted octanol–water partition coefficient (Wildman–Crippen LogP) is 5.87. The molecule has 1 heterocycles. The van der Waals surface area contributed by atoms with Gasteiger partial charge in [0.2, 0.25) is 5.91 Å². The van der Waals surface area contributed by atoms with E-state index in [0.29, 0.717) is 22.6 Å². The lowest BCUT2D eigenvalue weighted by molar-refractivity contribution is -0.113. The van der Waals surface area contributed by atoms with Crippen molar-refractivity contribution in [3.05, 3.63) is 121 Å². The lowest BCUT2D eigenvalue weighted by Crippen LogP contribution is -2.17. The number of carbonyl (C=O) groups is 1. The van der Waals surface area contributed by atoms with Crippen molar-refractivity contribution in [2.75, 3.05) is 12.4 Å². The van der Waals surface area contributed by atoms with Crippen LogP contribution in [0.25, 0.3) is 11.1 Å². The summed E-state index contributed by atoms with van der Waals surface area (Å²) >= 11 is 0. The maximum atomic E-state index is 14.3. The number of halogens is 1. The van der Waals surface area contributed by atoms with Gasteiger partial charge in [0.15, 0.2) is 5.82 Å². The van der Waals surface area contributed by atoms with Gasteiger partial charge in [0.25, 0.3) is 0 Å². The number of aromatic nitrogens is 1. The van der Waals surface area contributed by atoms with Gasteiger partial charge in [-0.3, -0.25) is 9.78 Å². The molecule has 0 atom stereocenters. The summed E-state index contributed by atoms with van der Waals surface area (Å²) < 4.78 is 19.5. The van der Waals surface area contributed by atoms with Gasteiger partial charge in [-0.25, -0.2) is 4.39 Å². The van der Waals surface area contributed by atoms with E-state index >= 15 is 0 Å². The maximum absolute atomic E-state index is 14.3. The van der Waals surface area contributed by atoms with Crippen LogP contribution in [-0.4, -0.2) is 18.0 Å². The average Bonchev–Trinajstić information content (AvgIpc) is 2.84. The summed E-state index contributed by atoms with van der Waals surface area (Å²) in [7, 11) is 1.47. The molecule has 0 unspecified atom stereocenters. The van der Waals surface area contributed by atoms with Crippen molar-refractivity contribution in [2.24, 2.45) is 0 Å². The molecular formula is C27H22FN2O2. The molecule has 1 aromatic heterocycles. The summed E-state index contributed by atoms with van der Waals surface area (Å²) in [5.74, 6) is -0.512. The molecule has 0 aliphatic carbocycles. The molecule has 1 radical (unpaired) electrons. The van der Waals surface area contributed by atoms with E-state index in [-0.39, 0.29) is 11.8 Å². The Balaban J connectivity index is 1.51. The molecule has 159 valence electrons. The van der Waals surface area contributed by atoms with Crippen LogP contribution in [0.2, 0.25) is 0 Å². The van der Waals surface area contributed by atoms with Crippen LogP contribution in [-0.2, 0) is 4.79 Å². The first-order valence-corrected chi connectivity index (χ1v) is 10.2. The van der Waals surface area contributed by atoms with Crippen LogP contribution in [0.3, 0.4) is 0 Å². The van der Waals surface area contributed by atoms with Gasteiger partial charge in [0.05, 0.1) is 31.5 Å². The highest BCUT2D eigenvalue weighted by atomic mass is 19.1. The summed E-state index contributed by atoms with van der Waals surface area (Å²) in [4.78, 5) is 16.6. The second-order valence-corrected chi connectivity index (χ2v) is 7.23. The number of pyridine rings is 1. The molecule has 0 aliphatic heterocycles. The minimum Gasteiger partial charge on any atom is -0.494 e. The summed E-state index contributed by atoms with van der Waals surface area (Å²) in [6.07, 6.45) is 4.29. The minimum absolute atomic E-state index is 0.174. The highest BCUT2D eigenvalue weighted by molar-refractivity contribution is 5.98. The number of nitrogens with one attached hydrogen (secondary N) is 1. The molecule has 0 aliphatic rings. The number of ether oxygens (including phenoxy) is 1. The van der Waals surface area contributed by atoms with Gasteiger partial charge >= 0.3 is 0 Å². The number of hydrogen-bond donors (Lipinski definition) is 1. The van der Waals surface area contributed by atoms with Crippen LogP contribution in [0.1, 0.15) is 17.0 Å². The molecule has 1 N–H and O–H groups in total. The zero-order chi connectivity index (χ0) is 22.3. The fourth-order valence-corrected chi connectivity index (χ4v) is 3.61. The Bertz CT molecular complexity index is 1140. The van der Waals surface area contributed by atoms with E-state index in [9.17, 15) is 9.18 Å². The van der Waals surface area contributed by atoms with E-state index in [1.54, 1.807) is 30.7 Å². The summed E-state index contributed by atoms with van der Waals surface area (Å²) in [6, 6.07) is 26.7. The lowest BCUT2D eigenvalue weighted by atomic mass is 9.88. The van der Waals surface area contributed by atoms with Crippen molar-refractivity contribution in [3.8, 4) is 16.9 Å². The van der Waals surface area contributed by atoms with Gasteiger partial charge < -0.3 is 10.1 Å². The Kier molecular flexibility index (Phi) is 6.56. The minimum atomic E-state index is -0.469. The maximum Gasteiger partial charge on any atom is 0.229 e. The van der Waals surface area contributed by atoms with E-state index in [1.807, 2.05) is 60.7 Å². The number of rotatable bonds is 7. The third-order valence-electron chi connectivity index (χ3n) is 5.16. The van der Waals surface area contributed by atoms with Crippen molar-refractivity contribution in [1.29, 1.82) is 0 Å². The summed E-state index contributed by atoms with van der Waals surface area (Å²) in [5, 5.41) is 2.90. The van der Waals surface area contributed by atoms with Crippen molar-refractivity contribution in [1.82, 2.24) is 4.98 Å². The fourth-order valence-electron chi connectivity index (χ4n) is 3.61. The van der Waals surface area contributed by atoms with Crippen LogP contribution in [0.4, 0.5) is 10.1 Å². The first-order chi connectivity index (χ1) is 15.7. The van der Waals surface area contributed by atoms with Gasteiger partial charge in [-0.1, -0.05) is 72.8 Å². The summed E-state index contributed by atoms with van der Waals surface area (Å²) in [5.41, 5.74) is 3.65. The molecule has 1 amide bonds. The molecule has 0 saturated heterocycles. The van der Waals surface area contributed by atoms with E-state index in [0.717, 1.165) is 17.3 Å². The molecule has 0 bridgehead atoms. The Morgan fingerprint density at radius 2 is 1.50 bits per heavy atom. The molecule has 0 saturated carbocycles. The molecule has 0 spiro atoms. The van der Waals surface area contributed by atoms with Crippen LogP contribution in [0.5, 0.6) is 5.75 Å². The second-order valence-electron chi connectivity index (χ2n) is 7.23. The van der Waals surface area contributed by atoms with Crippen molar-refractivity contribution in [2.45, 2.75) is 5.92 Å². The first-order valence-electron chi connectivity index (χ1n) is 10.2. The largest absolute Gasteiger partial charge is 0.494 e. The molecule has 4 aromatic rings. The number of anilines is 1. The third kappa shape index (κ3) is 4.83. The molecule has 4 rings (SSSR count). The van der Waals surface area contributed by atoms with Crippen LogP contribution < -0.4 is 10.1 Å². The van der Waals surface area contributed by atoms with Gasteiger partial charge in [-0.05, 0) is 28.8 Å². The standard InChI is InChI=1S/C27H22FN2O2/c1-32-25-18-29-17-24(28)27(25)21-12-14-22(15-13-21)30-26(31)16-23(19-8-4-2-5-9-19)20-10-6-3-7-11-20/h2-18,23H,1H3,(H,30,31). The van der Waals surface area contributed by atoms with Crippen molar-refractivity contribution in [3.63, 3.8) is 0 Å². The monoisotopic (exact) mass is 425 g/mol. The Morgan fingerprint density at radius 3 is 2.06 bits per heavy atom. The van der Waals surface area contributed by atoms with E-state index < -0.39 is 5.82 Å². The number of nitrogens with zero attached hydrogens (tertiary/aromatic N) is 1. The van der Waals surface area contributed by atoms with E-state index in [1.165, 1.54) is 13.3 Å². The van der Waals surface area contributed by atoms with Gasteiger partial charge in [0.1, 0.15) is 5.75 Å². The van der Waals surface area contributed by atoms with Crippen LogP contribution in [0.15, 0.2) is 97.3 Å². The predicted molar refractivity (Wildman–Crippen MR) is 124 cm³/mol. The Morgan fingerprint density at radius 1 is 0.906 bits per heavy atom. The van der Waals surface area contributed by atoms with Crippen molar-refractivity contribution < 1.29 is 13.9 Å². The highest BCUT2D eigenvalue weighted by Crippen LogP contribution is 2.32. The number of hydrogen-bond acceptors (Lipinski definition) is 3. The molecule has 0 fully saturated rings. The zero-order valence-electron chi connectivity index (χ0n) is 17.5. The second kappa shape index (κ2) is 9.88. The number of amides is 1. The van der Waals surface area contributed by atoms with Gasteiger partial charge in [-0.2, -0.15) is 0 Å². The Labute approximate surface area is 186 Å². The number of benzene rings is 3. The fraction of sp³-hybridized carbons (Fsp3) is 0.0741. The highest BCUT2D eigenvalue weighted by Gasteiger charge is 2.19. The van der Waals surface area contributed by atoms with Crippen LogP contribution >= 0.6 is 0 Å². The number of methoxy groups -OCH3 is 1. The topological polar surface area (TPSA) is 51.2 Å². The molecule has 32 heavy (non-hydrogen) atoms. The quantitative estimate of drug-likeness (QED) is 0.403. The zero-order valence-corrected chi connectivity index (χ0v) is 17.5. The number of carbonyl (C=O) groups excluding carboxylic acids is 1. The lowest BCUT2D eigenvalue weighted by Gasteiger charge is -2.17.